The fraction of sp³-hybridized carbons (Fsp3) is 0.368. The molecule has 8 heteroatoms. The largest absolute Gasteiger partial charge is 0.339 e. The number of likely N-dealkylation sites (tertiary alicyclic amines) is 1. The van der Waals surface area contributed by atoms with Crippen molar-refractivity contribution in [3.63, 3.8) is 0 Å². The van der Waals surface area contributed by atoms with E-state index in [0.29, 0.717) is 17.4 Å². The molecule has 4 rings (SSSR count). The van der Waals surface area contributed by atoms with Crippen LogP contribution in [-0.4, -0.2) is 68.7 Å². The van der Waals surface area contributed by atoms with Crippen molar-refractivity contribution in [3.8, 4) is 0 Å². The Morgan fingerprint density at radius 2 is 2.15 bits per heavy atom. The lowest BCUT2D eigenvalue weighted by Crippen LogP contribution is -2.34. The van der Waals surface area contributed by atoms with Crippen LogP contribution < -0.4 is 5.32 Å². The molecule has 1 N–H and O–H groups in total. The Morgan fingerprint density at radius 1 is 1.30 bits per heavy atom. The van der Waals surface area contributed by atoms with Crippen LogP contribution in [0.5, 0.6) is 0 Å². The number of nitrogens with one attached hydrogen (secondary N) is 1. The van der Waals surface area contributed by atoms with Crippen molar-refractivity contribution >= 4 is 28.4 Å². The predicted molar refractivity (Wildman–Crippen MR) is 104 cm³/mol. The molecule has 3 aromatic rings. The molecule has 140 valence electrons. The number of likely N-dealkylation sites (N-methyl/N-ethyl adjacent to an activating group) is 1. The molecular formula is C19H23N7O. The van der Waals surface area contributed by atoms with E-state index in [-0.39, 0.29) is 5.91 Å². The second-order valence-corrected chi connectivity index (χ2v) is 7.09. The van der Waals surface area contributed by atoms with Crippen LogP contribution in [0, 0.1) is 0 Å². The third-order valence-electron chi connectivity index (χ3n) is 5.08. The number of hydrogen-bond donors (Lipinski definition) is 1. The van der Waals surface area contributed by atoms with E-state index in [4.69, 9.17) is 0 Å². The van der Waals surface area contributed by atoms with Gasteiger partial charge in [0.25, 0.3) is 5.91 Å². The molecule has 0 aliphatic carbocycles. The van der Waals surface area contributed by atoms with Crippen LogP contribution >= 0.6 is 0 Å². The van der Waals surface area contributed by atoms with Crippen molar-refractivity contribution in [2.75, 3.05) is 32.5 Å². The number of nitrogens with zero attached hydrogens (tertiary/aromatic N) is 6. The summed E-state index contributed by atoms with van der Waals surface area (Å²) in [4.78, 5) is 25.5. The molecule has 0 radical (unpaired) electrons. The molecule has 1 aliphatic heterocycles. The highest BCUT2D eigenvalue weighted by Crippen LogP contribution is 2.24. The van der Waals surface area contributed by atoms with E-state index in [1.807, 2.05) is 36.2 Å². The third kappa shape index (κ3) is 3.35. The van der Waals surface area contributed by atoms with Gasteiger partial charge in [-0.1, -0.05) is 6.07 Å². The Bertz CT molecular complexity index is 981. The van der Waals surface area contributed by atoms with Crippen molar-refractivity contribution in [2.24, 2.45) is 7.05 Å². The monoisotopic (exact) mass is 365 g/mol. The summed E-state index contributed by atoms with van der Waals surface area (Å²) >= 11 is 0. The van der Waals surface area contributed by atoms with Gasteiger partial charge in [0.2, 0.25) is 0 Å². The number of aryl methyl sites for hydroxylation is 1. The topological polar surface area (TPSA) is 79.2 Å². The molecule has 0 saturated carbocycles. The van der Waals surface area contributed by atoms with Gasteiger partial charge in [-0.3, -0.25) is 9.48 Å². The van der Waals surface area contributed by atoms with Gasteiger partial charge in [0.05, 0.1) is 11.6 Å². The molecule has 1 aromatic carbocycles. The van der Waals surface area contributed by atoms with Gasteiger partial charge in [-0.15, -0.1) is 0 Å². The van der Waals surface area contributed by atoms with E-state index >= 15 is 0 Å². The van der Waals surface area contributed by atoms with Crippen LogP contribution in [0.4, 0.5) is 11.5 Å². The fourth-order valence-electron chi connectivity index (χ4n) is 3.46. The number of amides is 1. The first-order chi connectivity index (χ1) is 13.0. The van der Waals surface area contributed by atoms with Crippen LogP contribution in [0.25, 0.3) is 11.0 Å². The smallest absolute Gasteiger partial charge is 0.253 e. The molecule has 0 spiro atoms. The molecule has 27 heavy (non-hydrogen) atoms. The van der Waals surface area contributed by atoms with E-state index < -0.39 is 0 Å². The summed E-state index contributed by atoms with van der Waals surface area (Å²) in [6.07, 6.45) is 4.25. The van der Waals surface area contributed by atoms with Crippen molar-refractivity contribution < 1.29 is 4.79 Å². The standard InChI is InChI=1S/C19H23N7O/c1-24(2)15-7-8-26(11-15)19(27)13-5-4-6-14(9-13)23-17-16-10-22-25(3)18(16)21-12-20-17/h4-6,9-10,12,15H,7-8,11H2,1-3H3,(H,20,21,23). The average molecular weight is 365 g/mol. The number of carbonyl (C=O) groups is 1. The Kier molecular flexibility index (Phi) is 4.49. The van der Waals surface area contributed by atoms with Crippen molar-refractivity contribution in [3.05, 3.63) is 42.4 Å². The van der Waals surface area contributed by atoms with Gasteiger partial charge >= 0.3 is 0 Å². The van der Waals surface area contributed by atoms with Gasteiger partial charge in [0.1, 0.15) is 12.1 Å². The molecule has 2 aromatic heterocycles. The lowest BCUT2D eigenvalue weighted by atomic mass is 10.1. The molecular weight excluding hydrogens is 342 g/mol. The highest BCUT2D eigenvalue weighted by molar-refractivity contribution is 5.96. The zero-order valence-electron chi connectivity index (χ0n) is 15.8. The van der Waals surface area contributed by atoms with Gasteiger partial charge in [-0.25, -0.2) is 9.97 Å². The summed E-state index contributed by atoms with van der Waals surface area (Å²) in [5.74, 6) is 0.740. The van der Waals surface area contributed by atoms with Crippen LogP contribution in [-0.2, 0) is 7.05 Å². The van der Waals surface area contributed by atoms with E-state index in [0.717, 1.165) is 36.2 Å². The number of aromatic nitrogens is 4. The number of fused-ring (bicyclic) bond motifs is 1. The zero-order valence-corrected chi connectivity index (χ0v) is 15.8. The van der Waals surface area contributed by atoms with Crippen LogP contribution in [0.1, 0.15) is 16.8 Å². The van der Waals surface area contributed by atoms with Gasteiger partial charge in [0, 0.05) is 37.4 Å². The van der Waals surface area contributed by atoms with Crippen molar-refractivity contribution in [1.29, 1.82) is 0 Å². The maximum Gasteiger partial charge on any atom is 0.253 e. The third-order valence-corrected chi connectivity index (χ3v) is 5.08. The minimum Gasteiger partial charge on any atom is -0.339 e. The van der Waals surface area contributed by atoms with Crippen molar-refractivity contribution in [2.45, 2.75) is 12.5 Å². The first kappa shape index (κ1) is 17.4. The molecule has 1 aliphatic rings. The lowest BCUT2D eigenvalue weighted by molar-refractivity contribution is 0.0783. The Balaban J connectivity index is 1.55. The summed E-state index contributed by atoms with van der Waals surface area (Å²) in [7, 11) is 5.96. The SMILES string of the molecule is CN(C)C1CCN(C(=O)c2cccc(Nc3ncnc4c3cnn4C)c2)C1. The van der Waals surface area contributed by atoms with Gasteiger partial charge in [0.15, 0.2) is 5.65 Å². The first-order valence-electron chi connectivity index (χ1n) is 8.98. The van der Waals surface area contributed by atoms with Crippen LogP contribution in [0.3, 0.4) is 0 Å². The van der Waals surface area contributed by atoms with Crippen LogP contribution in [0.2, 0.25) is 0 Å². The lowest BCUT2D eigenvalue weighted by Gasteiger charge is -2.20. The second-order valence-electron chi connectivity index (χ2n) is 7.09. The van der Waals surface area contributed by atoms with Gasteiger partial charge < -0.3 is 15.1 Å². The number of hydrogen-bond acceptors (Lipinski definition) is 6. The Morgan fingerprint density at radius 3 is 2.93 bits per heavy atom. The fourth-order valence-corrected chi connectivity index (χ4v) is 3.46. The molecule has 1 atom stereocenters. The molecule has 0 bridgehead atoms. The quantitative estimate of drug-likeness (QED) is 0.761. The molecule has 1 unspecified atom stereocenters. The number of anilines is 2. The summed E-state index contributed by atoms with van der Waals surface area (Å²) < 4.78 is 1.71. The maximum atomic E-state index is 12.9. The van der Waals surface area contributed by atoms with E-state index in [9.17, 15) is 4.79 Å². The zero-order chi connectivity index (χ0) is 19.0. The van der Waals surface area contributed by atoms with E-state index in [1.165, 1.54) is 6.33 Å². The minimum absolute atomic E-state index is 0.0669. The average Bonchev–Trinajstić information content (AvgIpc) is 3.30. The molecule has 1 saturated heterocycles. The highest BCUT2D eigenvalue weighted by Gasteiger charge is 2.28. The maximum absolute atomic E-state index is 12.9. The number of benzene rings is 1. The first-order valence-corrected chi connectivity index (χ1v) is 8.98. The predicted octanol–water partition coefficient (Wildman–Crippen LogP) is 1.88. The molecule has 1 fully saturated rings. The molecule has 8 nitrogen and oxygen atoms in total. The minimum atomic E-state index is 0.0669. The Hall–Kier alpha value is -3.00. The second kappa shape index (κ2) is 6.96. The van der Waals surface area contributed by atoms with Crippen LogP contribution in [0.15, 0.2) is 36.8 Å². The summed E-state index contributed by atoms with van der Waals surface area (Å²) in [5, 5.41) is 8.35. The number of rotatable bonds is 4. The van der Waals surface area contributed by atoms with E-state index in [1.54, 1.807) is 10.9 Å². The van der Waals surface area contributed by atoms with Crippen molar-refractivity contribution in [1.82, 2.24) is 29.5 Å². The van der Waals surface area contributed by atoms with E-state index in [2.05, 4.69) is 39.4 Å². The molecule has 3 heterocycles. The van der Waals surface area contributed by atoms with Gasteiger partial charge in [-0.05, 0) is 38.7 Å². The van der Waals surface area contributed by atoms with Gasteiger partial charge in [-0.2, -0.15) is 5.10 Å². The number of carbonyl (C=O) groups excluding carboxylic acids is 1. The summed E-state index contributed by atoms with van der Waals surface area (Å²) in [6.45, 7) is 1.56. The Labute approximate surface area is 157 Å². The summed E-state index contributed by atoms with van der Waals surface area (Å²) in [6, 6.07) is 7.96. The molecule has 1 amide bonds. The highest BCUT2D eigenvalue weighted by atomic mass is 16.2. The normalized spacial score (nSPS) is 17.0. The summed E-state index contributed by atoms with van der Waals surface area (Å²) in [5.41, 5.74) is 2.25.